The second-order valence-electron chi connectivity index (χ2n) is 3.76. The second-order valence-corrected chi connectivity index (χ2v) is 4.20. The molecule has 0 saturated heterocycles. The molecule has 0 aromatic heterocycles. The van der Waals surface area contributed by atoms with Gasteiger partial charge in [0.25, 0.3) is 0 Å². The van der Waals surface area contributed by atoms with Crippen molar-refractivity contribution in [1.82, 2.24) is 0 Å². The third kappa shape index (κ3) is 3.28. The van der Waals surface area contributed by atoms with Crippen LogP contribution in [0.1, 0.15) is 15.9 Å². The first-order chi connectivity index (χ1) is 8.65. The molecule has 2 aromatic rings. The molecule has 0 aliphatic carbocycles. The van der Waals surface area contributed by atoms with Gasteiger partial charge in [0.1, 0.15) is 5.82 Å². The number of halogens is 2. The first-order valence-electron chi connectivity index (χ1n) is 5.39. The Labute approximate surface area is 110 Å². The van der Waals surface area contributed by atoms with Crippen LogP contribution in [0.25, 0.3) is 6.08 Å². The fraction of sp³-hybridized carbons (Fsp3) is 0. The van der Waals surface area contributed by atoms with Crippen molar-refractivity contribution in [2.24, 2.45) is 0 Å². The molecule has 0 amide bonds. The topological polar surface area (TPSA) is 17.1 Å². The summed E-state index contributed by atoms with van der Waals surface area (Å²) < 4.78 is 12.9. The van der Waals surface area contributed by atoms with E-state index in [0.29, 0.717) is 16.1 Å². The first kappa shape index (κ1) is 12.5. The fourth-order valence-electron chi connectivity index (χ4n) is 1.49. The molecule has 0 spiro atoms. The Kier molecular flexibility index (Phi) is 3.90. The molecular formula is C15H10ClFO. The lowest BCUT2D eigenvalue weighted by atomic mass is 10.1. The lowest BCUT2D eigenvalue weighted by molar-refractivity contribution is 0.104. The van der Waals surface area contributed by atoms with Crippen LogP contribution < -0.4 is 0 Å². The normalized spacial score (nSPS) is 10.8. The summed E-state index contributed by atoms with van der Waals surface area (Å²) in [5, 5.41) is 0.584. The van der Waals surface area contributed by atoms with Gasteiger partial charge in [-0.2, -0.15) is 0 Å². The number of allylic oxidation sites excluding steroid dienone is 1. The first-order valence-corrected chi connectivity index (χ1v) is 5.76. The molecule has 90 valence electrons. The van der Waals surface area contributed by atoms with Crippen LogP contribution >= 0.6 is 11.6 Å². The standard InChI is InChI=1S/C15H10ClFO/c16-13-7-5-12(6-8-13)15(18)9-4-11-2-1-3-14(17)10-11/h1-10H. The van der Waals surface area contributed by atoms with Gasteiger partial charge in [0, 0.05) is 10.6 Å². The van der Waals surface area contributed by atoms with E-state index in [9.17, 15) is 9.18 Å². The highest BCUT2D eigenvalue weighted by atomic mass is 35.5. The smallest absolute Gasteiger partial charge is 0.185 e. The minimum absolute atomic E-state index is 0.143. The maximum absolute atomic E-state index is 12.9. The van der Waals surface area contributed by atoms with Crippen molar-refractivity contribution in [2.75, 3.05) is 0 Å². The summed E-state index contributed by atoms with van der Waals surface area (Å²) in [5.41, 5.74) is 1.20. The van der Waals surface area contributed by atoms with E-state index in [0.717, 1.165) is 0 Å². The third-order valence-corrected chi connectivity index (χ3v) is 2.66. The molecule has 0 bridgehead atoms. The Morgan fingerprint density at radius 1 is 1.11 bits per heavy atom. The van der Waals surface area contributed by atoms with Crippen molar-refractivity contribution in [1.29, 1.82) is 0 Å². The summed E-state index contributed by atoms with van der Waals surface area (Å²) in [6.07, 6.45) is 3.00. The van der Waals surface area contributed by atoms with Gasteiger partial charge in [0.2, 0.25) is 0 Å². The van der Waals surface area contributed by atoms with E-state index in [1.165, 1.54) is 18.2 Å². The number of benzene rings is 2. The Morgan fingerprint density at radius 3 is 2.50 bits per heavy atom. The van der Waals surface area contributed by atoms with Crippen LogP contribution in [-0.2, 0) is 0 Å². The lowest BCUT2D eigenvalue weighted by Crippen LogP contribution is -1.93. The monoisotopic (exact) mass is 260 g/mol. The van der Waals surface area contributed by atoms with Crippen molar-refractivity contribution in [3.63, 3.8) is 0 Å². The average molecular weight is 261 g/mol. The van der Waals surface area contributed by atoms with Gasteiger partial charge < -0.3 is 0 Å². The lowest BCUT2D eigenvalue weighted by Gasteiger charge is -1.96. The zero-order valence-electron chi connectivity index (χ0n) is 9.44. The molecule has 2 rings (SSSR count). The molecule has 18 heavy (non-hydrogen) atoms. The van der Waals surface area contributed by atoms with Crippen molar-refractivity contribution in [3.8, 4) is 0 Å². The molecule has 0 heterocycles. The van der Waals surface area contributed by atoms with E-state index in [1.807, 2.05) is 0 Å². The summed E-state index contributed by atoms with van der Waals surface area (Å²) in [5.74, 6) is -0.466. The fourth-order valence-corrected chi connectivity index (χ4v) is 1.62. The number of hydrogen-bond donors (Lipinski definition) is 0. The number of ketones is 1. The van der Waals surface area contributed by atoms with Crippen LogP contribution in [-0.4, -0.2) is 5.78 Å². The summed E-state index contributed by atoms with van der Waals surface area (Å²) in [6, 6.07) is 12.7. The zero-order chi connectivity index (χ0) is 13.0. The van der Waals surface area contributed by atoms with Gasteiger partial charge in [-0.15, -0.1) is 0 Å². The Balaban J connectivity index is 2.14. The van der Waals surface area contributed by atoms with Crippen LogP contribution in [0.4, 0.5) is 4.39 Å². The summed E-state index contributed by atoms with van der Waals surface area (Å²) in [4.78, 5) is 11.8. The molecule has 0 saturated carbocycles. The molecule has 2 aromatic carbocycles. The van der Waals surface area contributed by atoms with Crippen molar-refractivity contribution in [3.05, 3.63) is 76.6 Å². The molecule has 3 heteroatoms. The molecule has 0 fully saturated rings. The van der Waals surface area contributed by atoms with Gasteiger partial charge >= 0.3 is 0 Å². The molecule has 0 atom stereocenters. The highest BCUT2D eigenvalue weighted by Crippen LogP contribution is 2.11. The summed E-state index contributed by atoms with van der Waals surface area (Å²) in [6.45, 7) is 0. The maximum Gasteiger partial charge on any atom is 0.185 e. The van der Waals surface area contributed by atoms with E-state index in [4.69, 9.17) is 11.6 Å². The number of carbonyl (C=O) groups is 1. The van der Waals surface area contributed by atoms with Crippen LogP contribution in [0.3, 0.4) is 0 Å². The van der Waals surface area contributed by atoms with Crippen LogP contribution in [0.15, 0.2) is 54.6 Å². The molecular weight excluding hydrogens is 251 g/mol. The predicted octanol–water partition coefficient (Wildman–Crippen LogP) is 4.38. The second kappa shape index (κ2) is 5.61. The van der Waals surface area contributed by atoms with Gasteiger partial charge in [-0.05, 0) is 48.0 Å². The minimum atomic E-state index is -0.323. The van der Waals surface area contributed by atoms with Gasteiger partial charge in [0.15, 0.2) is 5.78 Å². The molecule has 0 aliphatic heterocycles. The van der Waals surface area contributed by atoms with Crippen molar-refractivity contribution < 1.29 is 9.18 Å². The van der Waals surface area contributed by atoms with E-state index < -0.39 is 0 Å². The molecule has 0 aliphatic rings. The van der Waals surface area contributed by atoms with Gasteiger partial charge in [-0.3, -0.25) is 4.79 Å². The summed E-state index contributed by atoms with van der Waals surface area (Å²) >= 11 is 5.74. The SMILES string of the molecule is O=C(C=Cc1cccc(F)c1)c1ccc(Cl)cc1. The third-order valence-electron chi connectivity index (χ3n) is 2.40. The minimum Gasteiger partial charge on any atom is -0.289 e. The molecule has 0 N–H and O–H groups in total. The molecule has 0 radical (unpaired) electrons. The molecule has 1 nitrogen and oxygen atoms in total. The van der Waals surface area contributed by atoms with Gasteiger partial charge in [-0.1, -0.05) is 29.8 Å². The Hall–Kier alpha value is -1.93. The number of carbonyl (C=O) groups excluding carboxylic acids is 1. The van der Waals surface area contributed by atoms with E-state index >= 15 is 0 Å². The van der Waals surface area contributed by atoms with Gasteiger partial charge in [-0.25, -0.2) is 4.39 Å². The van der Waals surface area contributed by atoms with Crippen LogP contribution in [0.2, 0.25) is 5.02 Å². The van der Waals surface area contributed by atoms with Gasteiger partial charge in [0.05, 0.1) is 0 Å². The predicted molar refractivity (Wildman–Crippen MR) is 71.2 cm³/mol. The number of hydrogen-bond acceptors (Lipinski definition) is 1. The maximum atomic E-state index is 12.9. The van der Waals surface area contributed by atoms with E-state index in [2.05, 4.69) is 0 Å². The van der Waals surface area contributed by atoms with Crippen molar-refractivity contribution in [2.45, 2.75) is 0 Å². The van der Waals surface area contributed by atoms with Crippen LogP contribution in [0.5, 0.6) is 0 Å². The van der Waals surface area contributed by atoms with E-state index in [-0.39, 0.29) is 11.6 Å². The Bertz CT molecular complexity index is 588. The number of rotatable bonds is 3. The zero-order valence-corrected chi connectivity index (χ0v) is 10.2. The quantitative estimate of drug-likeness (QED) is 0.591. The van der Waals surface area contributed by atoms with E-state index in [1.54, 1.807) is 42.5 Å². The van der Waals surface area contributed by atoms with Crippen molar-refractivity contribution >= 4 is 23.5 Å². The average Bonchev–Trinajstić information content (AvgIpc) is 2.37. The highest BCUT2D eigenvalue weighted by molar-refractivity contribution is 6.30. The van der Waals surface area contributed by atoms with Crippen LogP contribution in [0, 0.1) is 5.82 Å². The largest absolute Gasteiger partial charge is 0.289 e. The summed E-state index contributed by atoms with van der Waals surface area (Å²) in [7, 11) is 0. The molecule has 0 unspecified atom stereocenters. The Morgan fingerprint density at radius 2 is 1.83 bits per heavy atom. The highest BCUT2D eigenvalue weighted by Gasteiger charge is 2.01.